The number of amides is 2. The number of rotatable bonds is 8. The Morgan fingerprint density at radius 3 is 2.86 bits per heavy atom. The summed E-state index contributed by atoms with van der Waals surface area (Å²) < 4.78 is 27.9. The van der Waals surface area contributed by atoms with E-state index in [1.807, 2.05) is 0 Å². The minimum absolute atomic E-state index is 0.00708. The Hall–Kier alpha value is -4.39. The molecule has 0 saturated heterocycles. The number of hydrogen-bond acceptors (Lipinski definition) is 7. The normalized spacial score (nSPS) is 11.4. The van der Waals surface area contributed by atoms with Crippen LogP contribution in [0.5, 0.6) is 0 Å². The lowest BCUT2D eigenvalue weighted by atomic mass is 10.0. The molecule has 0 spiro atoms. The van der Waals surface area contributed by atoms with Gasteiger partial charge in [0.1, 0.15) is 18.5 Å². The molecule has 3 N–H and O–H groups in total. The molecule has 0 radical (unpaired) electrons. The van der Waals surface area contributed by atoms with E-state index in [0.717, 1.165) is 10.7 Å². The fourth-order valence-corrected chi connectivity index (χ4v) is 3.70. The Balaban J connectivity index is 1.77. The fourth-order valence-electron chi connectivity index (χ4n) is 3.50. The predicted octanol–water partition coefficient (Wildman–Crippen LogP) is 3.66. The number of nitrogens with zero attached hydrogens (tertiary/aromatic N) is 5. The van der Waals surface area contributed by atoms with Crippen LogP contribution < -0.4 is 10.6 Å². The lowest BCUT2D eigenvalue weighted by Gasteiger charge is -2.15. The molecule has 0 saturated carbocycles. The van der Waals surface area contributed by atoms with Crippen LogP contribution in [0, 0.1) is 6.92 Å². The number of anilines is 1. The maximum atomic E-state index is 13.5. The predicted molar refractivity (Wildman–Crippen MR) is 128 cm³/mol. The summed E-state index contributed by atoms with van der Waals surface area (Å²) in [7, 11) is 1.36. The molecule has 186 valence electrons. The van der Waals surface area contributed by atoms with Gasteiger partial charge in [-0.3, -0.25) is 14.7 Å². The van der Waals surface area contributed by atoms with Crippen molar-refractivity contribution >= 4 is 46.2 Å². The first kappa shape index (κ1) is 24.7. The van der Waals surface area contributed by atoms with E-state index >= 15 is 0 Å². The number of nitrogens with one attached hydrogen (secondary N) is 3. The van der Waals surface area contributed by atoms with Crippen LogP contribution in [0.3, 0.4) is 0 Å². The van der Waals surface area contributed by atoms with Crippen LogP contribution in [0.1, 0.15) is 38.5 Å². The number of carbonyl (C=O) groups is 2. The molecule has 2 amide bonds. The minimum atomic E-state index is -2.95. The summed E-state index contributed by atoms with van der Waals surface area (Å²) in [6.45, 7) is 1.73. The van der Waals surface area contributed by atoms with Crippen LogP contribution in [0.4, 0.5) is 14.5 Å². The monoisotopic (exact) mass is 516 g/mol. The highest BCUT2D eigenvalue weighted by Gasteiger charge is 2.26. The number of pyridine rings is 1. The number of H-pyrrole nitrogens is 1. The molecule has 0 aliphatic carbocycles. The summed E-state index contributed by atoms with van der Waals surface area (Å²) in [4.78, 5) is 35.1. The Morgan fingerprint density at radius 1 is 1.33 bits per heavy atom. The van der Waals surface area contributed by atoms with E-state index in [1.165, 1.54) is 31.8 Å². The lowest BCUT2D eigenvalue weighted by Crippen LogP contribution is -2.28. The van der Waals surface area contributed by atoms with Crippen LogP contribution >= 0.6 is 11.6 Å². The largest absolute Gasteiger partial charge is 0.399 e. The SMILES string of the molecule is CO/N=C/CNC(=O)c1c(NC(=O)c2cc(C(F)F)nn2-c2ncccc2Cl)c(C)cc2cn[nH]c12. The van der Waals surface area contributed by atoms with Gasteiger partial charge in [-0.25, -0.2) is 18.4 Å². The molecule has 0 unspecified atom stereocenters. The molecule has 3 aromatic heterocycles. The van der Waals surface area contributed by atoms with Gasteiger partial charge >= 0.3 is 0 Å². The number of halogens is 3. The Kier molecular flexibility index (Phi) is 7.20. The summed E-state index contributed by atoms with van der Waals surface area (Å²) in [6, 6.07) is 5.69. The Labute approximate surface area is 207 Å². The number of hydrogen-bond donors (Lipinski definition) is 3. The van der Waals surface area contributed by atoms with Gasteiger partial charge in [-0.2, -0.15) is 10.2 Å². The van der Waals surface area contributed by atoms with Crippen LogP contribution in [0.2, 0.25) is 5.02 Å². The number of fused-ring (bicyclic) bond motifs is 1. The molecular formula is C22H19ClF2N8O3. The molecule has 0 atom stereocenters. The van der Waals surface area contributed by atoms with E-state index in [-0.39, 0.29) is 34.3 Å². The summed E-state index contributed by atoms with van der Waals surface area (Å²) >= 11 is 6.17. The summed E-state index contributed by atoms with van der Waals surface area (Å²) in [5, 5.41) is 20.1. The first-order chi connectivity index (χ1) is 17.3. The average Bonchev–Trinajstić information content (AvgIpc) is 3.50. The molecule has 36 heavy (non-hydrogen) atoms. The van der Waals surface area contributed by atoms with E-state index in [4.69, 9.17) is 11.6 Å². The second kappa shape index (κ2) is 10.5. The number of alkyl halides is 2. The first-order valence-corrected chi connectivity index (χ1v) is 10.8. The van der Waals surface area contributed by atoms with Crippen LogP contribution in [-0.2, 0) is 4.84 Å². The van der Waals surface area contributed by atoms with E-state index in [1.54, 1.807) is 19.1 Å². The van der Waals surface area contributed by atoms with Crippen molar-refractivity contribution in [1.29, 1.82) is 0 Å². The Morgan fingerprint density at radius 2 is 2.14 bits per heavy atom. The third-order valence-corrected chi connectivity index (χ3v) is 5.35. The number of benzene rings is 1. The number of carbonyl (C=O) groups excluding carboxylic acids is 2. The quantitative estimate of drug-likeness (QED) is 0.241. The fraction of sp³-hybridized carbons (Fsp3) is 0.182. The molecule has 11 nitrogen and oxygen atoms in total. The maximum Gasteiger partial charge on any atom is 0.282 e. The number of aromatic nitrogens is 5. The molecule has 0 fully saturated rings. The van der Waals surface area contributed by atoms with Crippen molar-refractivity contribution in [1.82, 2.24) is 30.3 Å². The minimum Gasteiger partial charge on any atom is -0.399 e. The molecule has 14 heteroatoms. The summed E-state index contributed by atoms with van der Waals surface area (Å²) in [5.74, 6) is -1.36. The van der Waals surface area contributed by atoms with Gasteiger partial charge in [0.15, 0.2) is 5.82 Å². The van der Waals surface area contributed by atoms with Crippen molar-refractivity contribution < 1.29 is 23.2 Å². The Bertz CT molecular complexity index is 1470. The molecule has 0 aliphatic heterocycles. The second-order valence-electron chi connectivity index (χ2n) is 7.39. The van der Waals surface area contributed by atoms with Crippen molar-refractivity contribution in [3.05, 3.63) is 64.2 Å². The van der Waals surface area contributed by atoms with Crippen molar-refractivity contribution in [2.24, 2.45) is 5.16 Å². The molecule has 1 aromatic carbocycles. The third-order valence-electron chi connectivity index (χ3n) is 5.06. The van der Waals surface area contributed by atoms with Crippen LogP contribution in [0.25, 0.3) is 16.7 Å². The molecule has 0 aliphatic rings. The second-order valence-corrected chi connectivity index (χ2v) is 7.80. The van der Waals surface area contributed by atoms with Crippen molar-refractivity contribution in [3.8, 4) is 5.82 Å². The number of aryl methyl sites for hydroxylation is 1. The third kappa shape index (κ3) is 4.86. The lowest BCUT2D eigenvalue weighted by molar-refractivity contribution is 0.0961. The van der Waals surface area contributed by atoms with Gasteiger partial charge in [0.25, 0.3) is 18.2 Å². The van der Waals surface area contributed by atoms with Gasteiger partial charge in [-0.05, 0) is 36.8 Å². The van der Waals surface area contributed by atoms with Gasteiger partial charge in [-0.1, -0.05) is 16.8 Å². The van der Waals surface area contributed by atoms with Gasteiger partial charge in [0, 0.05) is 11.6 Å². The standard InChI is InChI=1S/C22H19ClF2N8O3/c1-11-8-12-10-28-31-18(12)16(22(35)27-6-7-29-36-2)17(11)30-21(34)15-9-14(19(24)25)32-33(15)20-13(23)4-3-5-26-20/h3-5,7-10,19H,6H2,1-2H3,(H,27,35)(H,28,31)(H,30,34)/b29-7+. The first-order valence-electron chi connectivity index (χ1n) is 10.4. The van der Waals surface area contributed by atoms with Gasteiger partial charge < -0.3 is 15.5 Å². The van der Waals surface area contributed by atoms with Crippen LogP contribution in [0.15, 0.2) is 41.8 Å². The zero-order chi connectivity index (χ0) is 25.8. The van der Waals surface area contributed by atoms with Gasteiger partial charge in [0.2, 0.25) is 0 Å². The zero-order valence-corrected chi connectivity index (χ0v) is 19.7. The van der Waals surface area contributed by atoms with Crippen molar-refractivity contribution in [2.45, 2.75) is 13.3 Å². The average molecular weight is 517 g/mol. The van der Waals surface area contributed by atoms with E-state index in [2.05, 4.69) is 40.9 Å². The van der Waals surface area contributed by atoms with Gasteiger partial charge in [-0.15, -0.1) is 0 Å². The summed E-state index contributed by atoms with van der Waals surface area (Å²) in [6.07, 6.45) is 1.32. The molecule has 3 heterocycles. The highest BCUT2D eigenvalue weighted by atomic mass is 35.5. The number of aromatic amines is 1. The smallest absolute Gasteiger partial charge is 0.282 e. The molecular weight excluding hydrogens is 498 g/mol. The van der Waals surface area contributed by atoms with Crippen molar-refractivity contribution in [3.63, 3.8) is 0 Å². The van der Waals surface area contributed by atoms with Gasteiger partial charge in [0.05, 0.1) is 40.7 Å². The molecule has 4 rings (SSSR count). The van der Waals surface area contributed by atoms with Crippen molar-refractivity contribution in [2.75, 3.05) is 19.0 Å². The summed E-state index contributed by atoms with van der Waals surface area (Å²) in [5.41, 5.74) is 0.247. The zero-order valence-electron chi connectivity index (χ0n) is 18.9. The van der Waals surface area contributed by atoms with E-state index in [0.29, 0.717) is 16.5 Å². The molecule has 0 bridgehead atoms. The maximum absolute atomic E-state index is 13.5. The van der Waals surface area contributed by atoms with E-state index in [9.17, 15) is 18.4 Å². The topological polar surface area (TPSA) is 139 Å². The highest BCUT2D eigenvalue weighted by molar-refractivity contribution is 6.32. The molecule has 4 aromatic rings. The van der Waals surface area contributed by atoms with Crippen LogP contribution in [-0.4, -0.2) is 56.6 Å². The highest BCUT2D eigenvalue weighted by Crippen LogP contribution is 2.30. The number of oxime groups is 1. The van der Waals surface area contributed by atoms with E-state index < -0.39 is 23.9 Å².